The van der Waals surface area contributed by atoms with Crippen LogP contribution in [-0.4, -0.2) is 45.6 Å². The zero-order valence-corrected chi connectivity index (χ0v) is 34.4. The Morgan fingerprint density at radius 2 is 0.787 bits per heavy atom. The topological polar surface area (TPSA) is 18.5 Å². The van der Waals surface area contributed by atoms with Gasteiger partial charge in [0.1, 0.15) is 0 Å². The van der Waals surface area contributed by atoms with E-state index in [0.29, 0.717) is 0 Å². The van der Waals surface area contributed by atoms with Crippen molar-refractivity contribution in [3.8, 4) is 0 Å². The van der Waals surface area contributed by atoms with Crippen molar-refractivity contribution in [2.75, 3.05) is 45.6 Å². The second-order valence-electron chi connectivity index (χ2n) is 17.1. The van der Waals surface area contributed by atoms with Crippen LogP contribution in [0.1, 0.15) is 168 Å². The van der Waals surface area contributed by atoms with Crippen molar-refractivity contribution < 1.29 is 9.35 Å². The van der Waals surface area contributed by atoms with E-state index >= 15 is 0 Å². The van der Waals surface area contributed by atoms with Crippen LogP contribution in [0.25, 0.3) is 10.8 Å². The van der Waals surface area contributed by atoms with Gasteiger partial charge in [-0.05, 0) is 0 Å². The number of rotatable bonds is 30. The molecule has 0 N–H and O–H groups in total. The Bertz CT molecular complexity index is 1080. The van der Waals surface area contributed by atoms with E-state index in [0.717, 1.165) is 12.3 Å². The van der Waals surface area contributed by atoms with E-state index in [9.17, 15) is 0 Å². The van der Waals surface area contributed by atoms with Crippen LogP contribution in [0.4, 0.5) is 0 Å². The molecule has 0 unspecified atom stereocenters. The molecule has 0 saturated heterocycles. The summed E-state index contributed by atoms with van der Waals surface area (Å²) in [7, 11) is 0. The predicted molar refractivity (Wildman–Crippen MR) is 221 cm³/mol. The summed E-state index contributed by atoms with van der Waals surface area (Å²) in [5, 5.41) is 4.03. The minimum atomic E-state index is -2.82. The van der Waals surface area contributed by atoms with Crippen LogP contribution in [-0.2, 0) is 9.35 Å². The van der Waals surface area contributed by atoms with Gasteiger partial charge in [0.25, 0.3) is 0 Å². The molecule has 0 amide bonds. The molecular formula is C43H80O2P2. The van der Waals surface area contributed by atoms with Crippen LogP contribution in [0.15, 0.2) is 42.5 Å². The zero-order valence-electron chi connectivity index (χ0n) is 32.6. The van der Waals surface area contributed by atoms with Gasteiger partial charge in [0.05, 0.1) is 0 Å². The first kappa shape index (κ1) is 42.6. The van der Waals surface area contributed by atoms with Crippen molar-refractivity contribution in [3.05, 3.63) is 42.5 Å². The fourth-order valence-corrected chi connectivity index (χ4v) is 13.4. The second kappa shape index (κ2) is 22.3. The quantitative estimate of drug-likeness (QED) is 0.0352. The molecule has 0 aromatic heterocycles. The predicted octanol–water partition coefficient (Wildman–Crippen LogP) is 14.9. The average molecular weight is 691 g/mol. The molecule has 274 valence electrons. The van der Waals surface area contributed by atoms with Crippen LogP contribution in [0.5, 0.6) is 0 Å². The molecule has 0 aliphatic heterocycles. The Balaban J connectivity index is 1.88. The standard InChI is InChI=1S/C43H80O2P2/c1-8-10-12-14-16-18-20-21-22-23-25-27-29-33-40-47(6,7,43-38-34-36-41-35-30-31-37-42(41)43)45-44-46(3,4,5)39-32-28-26-24-19-17-15-13-11-9-2/h30-31,34-38H,8-29,32-33,39-40H2,1-7H3. The molecule has 2 rings (SSSR count). The van der Waals surface area contributed by atoms with Crippen LogP contribution in [0.3, 0.4) is 0 Å². The van der Waals surface area contributed by atoms with Gasteiger partial charge in [-0.2, -0.15) is 0 Å². The number of fused-ring (bicyclic) bond motifs is 1. The first-order chi connectivity index (χ1) is 22.5. The Labute approximate surface area is 294 Å². The van der Waals surface area contributed by atoms with Gasteiger partial charge in [0.15, 0.2) is 0 Å². The van der Waals surface area contributed by atoms with Crippen molar-refractivity contribution in [2.24, 2.45) is 0 Å². The molecule has 0 bridgehead atoms. The summed E-state index contributed by atoms with van der Waals surface area (Å²) in [6.45, 7) is 11.4. The van der Waals surface area contributed by atoms with Crippen molar-refractivity contribution in [1.82, 2.24) is 0 Å². The van der Waals surface area contributed by atoms with Gasteiger partial charge in [-0.3, -0.25) is 0 Å². The zero-order chi connectivity index (χ0) is 34.4. The molecule has 2 aromatic carbocycles. The Kier molecular flexibility index (Phi) is 20.3. The van der Waals surface area contributed by atoms with Crippen molar-refractivity contribution >= 4 is 29.7 Å². The van der Waals surface area contributed by atoms with Crippen LogP contribution >= 0.6 is 13.7 Å². The van der Waals surface area contributed by atoms with Gasteiger partial charge in [-0.15, -0.1) is 0 Å². The molecule has 0 radical (unpaired) electrons. The van der Waals surface area contributed by atoms with E-state index in [-0.39, 0.29) is 0 Å². The molecule has 0 atom stereocenters. The third kappa shape index (κ3) is 17.8. The molecule has 4 heteroatoms. The minimum absolute atomic E-state index is 1.09. The Morgan fingerprint density at radius 3 is 1.26 bits per heavy atom. The second-order valence-corrected chi connectivity index (χ2v) is 29.3. The molecule has 0 saturated carbocycles. The fraction of sp³-hybridized carbons (Fsp3) is 0.767. The van der Waals surface area contributed by atoms with Gasteiger partial charge in [0, 0.05) is 0 Å². The summed E-state index contributed by atoms with van der Waals surface area (Å²) >= 11 is 0. The Morgan fingerprint density at radius 1 is 0.404 bits per heavy atom. The van der Waals surface area contributed by atoms with Gasteiger partial charge in [-0.25, -0.2) is 0 Å². The molecule has 0 spiro atoms. The van der Waals surface area contributed by atoms with Crippen molar-refractivity contribution in [1.29, 1.82) is 0 Å². The van der Waals surface area contributed by atoms with E-state index in [1.807, 2.05) is 0 Å². The first-order valence-corrected chi connectivity index (χ1v) is 27.3. The van der Waals surface area contributed by atoms with E-state index in [1.165, 1.54) is 170 Å². The molecule has 0 fully saturated rings. The summed E-state index contributed by atoms with van der Waals surface area (Å²) in [6.07, 6.45) is 35.4. The molecule has 0 aliphatic carbocycles. The van der Waals surface area contributed by atoms with E-state index in [4.69, 9.17) is 9.35 Å². The summed E-state index contributed by atoms with van der Waals surface area (Å²) in [6, 6.07) is 15.7. The average Bonchev–Trinajstić information content (AvgIpc) is 3.05. The summed E-state index contributed by atoms with van der Waals surface area (Å²) in [4.78, 5) is 0. The van der Waals surface area contributed by atoms with Crippen LogP contribution in [0.2, 0.25) is 0 Å². The van der Waals surface area contributed by atoms with Crippen LogP contribution < -0.4 is 5.30 Å². The summed E-state index contributed by atoms with van der Waals surface area (Å²) in [5.74, 6) is 0. The molecule has 0 aliphatic rings. The van der Waals surface area contributed by atoms with Gasteiger partial charge >= 0.3 is 269 Å². The number of benzene rings is 2. The van der Waals surface area contributed by atoms with E-state index < -0.39 is 13.7 Å². The molecule has 2 aromatic rings. The molecule has 2 nitrogen and oxygen atoms in total. The Hall–Kier alpha value is -0.520. The molecular weight excluding hydrogens is 610 g/mol. The first-order valence-electron chi connectivity index (χ1n) is 20.4. The van der Waals surface area contributed by atoms with E-state index in [2.05, 4.69) is 89.6 Å². The third-order valence-corrected chi connectivity index (χ3v) is 17.1. The van der Waals surface area contributed by atoms with Gasteiger partial charge in [0.2, 0.25) is 0 Å². The monoisotopic (exact) mass is 691 g/mol. The maximum absolute atomic E-state index is 7.02. The summed E-state index contributed by atoms with van der Waals surface area (Å²) in [5.41, 5.74) is 0. The fourth-order valence-electron chi connectivity index (χ4n) is 7.19. The number of unbranched alkanes of at least 4 members (excludes halogenated alkanes) is 22. The molecule has 0 heterocycles. The summed E-state index contributed by atoms with van der Waals surface area (Å²) < 4.78 is 13.9. The number of hydrogen-bond acceptors (Lipinski definition) is 2. The van der Waals surface area contributed by atoms with Crippen molar-refractivity contribution in [3.63, 3.8) is 0 Å². The van der Waals surface area contributed by atoms with E-state index in [1.54, 1.807) is 0 Å². The SMILES string of the molecule is CCCCCCCCCCCCCCCCP(C)(C)(OOP(C)(C)(C)CCCCCCCCCCCC)c1cccc2ccccc12. The van der Waals surface area contributed by atoms with Crippen LogP contribution in [0, 0.1) is 0 Å². The third-order valence-electron chi connectivity index (χ3n) is 10.5. The van der Waals surface area contributed by atoms with Gasteiger partial charge in [-0.1, -0.05) is 26.2 Å². The maximum atomic E-state index is 7.02. The normalized spacial score (nSPS) is 14.2. The number of hydrogen-bond donors (Lipinski definition) is 0. The van der Waals surface area contributed by atoms with Gasteiger partial charge < -0.3 is 0 Å². The van der Waals surface area contributed by atoms with Crippen molar-refractivity contribution in [2.45, 2.75) is 168 Å². The molecule has 47 heavy (non-hydrogen) atoms.